The highest BCUT2D eigenvalue weighted by atomic mass is 31.1. The van der Waals surface area contributed by atoms with Gasteiger partial charge in [-0.2, -0.15) is 0 Å². The molecule has 0 amide bonds. The average molecular weight is 741 g/mol. The van der Waals surface area contributed by atoms with Crippen LogP contribution >= 0.6 is 15.8 Å². The lowest BCUT2D eigenvalue weighted by Crippen LogP contribution is -2.58. The van der Waals surface area contributed by atoms with Crippen molar-refractivity contribution in [2.45, 2.75) is 201 Å². The van der Waals surface area contributed by atoms with Gasteiger partial charge in [-0.25, -0.2) is 0 Å². The molecule has 0 aromatic carbocycles. The third kappa shape index (κ3) is 5.14. The summed E-state index contributed by atoms with van der Waals surface area (Å²) < 4.78 is 0. The molecule has 0 radical (unpaired) electrons. The van der Waals surface area contributed by atoms with Gasteiger partial charge >= 0.3 is 0 Å². The zero-order valence-corrected chi connectivity index (χ0v) is 35.7. The molecule has 17 fully saturated rings. The first-order valence-corrected chi connectivity index (χ1v) is 27.8. The van der Waals surface area contributed by atoms with Gasteiger partial charge in [0.2, 0.25) is 0 Å². The van der Waals surface area contributed by atoms with Crippen molar-refractivity contribution in [3.63, 3.8) is 0 Å². The molecule has 0 aromatic rings. The largest absolute Gasteiger partial charge is 0.0936 e. The van der Waals surface area contributed by atoms with E-state index in [1.54, 1.807) is 179 Å². The minimum Gasteiger partial charge on any atom is -0.0936 e. The Morgan fingerprint density at radius 2 is 0.462 bits per heavy atom. The highest BCUT2D eigenvalue weighted by molar-refractivity contribution is 7.61. The van der Waals surface area contributed by atoms with Gasteiger partial charge in [0, 0.05) is 0 Å². The van der Waals surface area contributed by atoms with Gasteiger partial charge in [0.05, 0.1) is 0 Å². The molecule has 17 saturated carbocycles. The Bertz CT molecular complexity index is 1090. The second-order valence-corrected chi connectivity index (χ2v) is 32.0. The second kappa shape index (κ2) is 11.7. The van der Waals surface area contributed by atoms with Crippen molar-refractivity contribution in [2.24, 2.45) is 94.7 Å². The van der Waals surface area contributed by atoms with Gasteiger partial charge < -0.3 is 0 Å². The van der Waals surface area contributed by atoms with E-state index < -0.39 is 0 Å². The predicted octanol–water partition coefficient (Wildman–Crippen LogP) is 14.1. The molecule has 17 aliphatic rings. The first-order chi connectivity index (χ1) is 25.2. The van der Waals surface area contributed by atoms with Crippen molar-refractivity contribution in [1.82, 2.24) is 0 Å². The highest BCUT2D eigenvalue weighted by Crippen LogP contribution is 2.82. The lowest BCUT2D eigenvalue weighted by molar-refractivity contribution is 0.0166. The third-order valence-corrected chi connectivity index (χ3v) is 30.6. The quantitative estimate of drug-likeness (QED) is 0.217. The van der Waals surface area contributed by atoms with Gasteiger partial charge in [0.15, 0.2) is 0 Å². The Balaban J connectivity index is 0.885. The van der Waals surface area contributed by atoms with Crippen LogP contribution in [0.2, 0.25) is 0 Å². The molecule has 0 aromatic heterocycles. The van der Waals surface area contributed by atoms with Crippen LogP contribution in [0.4, 0.5) is 0 Å². The fraction of sp³-hybridized carbons (Fsp3) is 1.00. The van der Waals surface area contributed by atoms with Crippen LogP contribution in [0.15, 0.2) is 0 Å². The van der Waals surface area contributed by atoms with E-state index >= 15 is 0 Å². The monoisotopic (exact) mass is 741 g/mol. The molecule has 16 bridgehead atoms. The van der Waals surface area contributed by atoms with Gasteiger partial charge in [0.1, 0.15) is 0 Å². The van der Waals surface area contributed by atoms with Gasteiger partial charge in [-0.15, -0.1) is 0 Å². The summed E-state index contributed by atoms with van der Waals surface area (Å²) in [7, 11) is 0.273. The second-order valence-electron chi connectivity index (χ2n) is 25.7. The zero-order valence-electron chi connectivity index (χ0n) is 33.9. The lowest BCUT2D eigenvalue weighted by Gasteiger charge is -2.69. The molecule has 0 heterocycles. The van der Waals surface area contributed by atoms with Crippen molar-refractivity contribution in [2.75, 3.05) is 12.3 Å². The molecule has 17 rings (SSSR count). The Kier molecular flexibility index (Phi) is 7.63. The summed E-state index contributed by atoms with van der Waals surface area (Å²) in [6.45, 7) is 5.51. The molecule has 4 unspecified atom stereocenters. The normalized spacial score (nSPS) is 62.7. The van der Waals surface area contributed by atoms with Crippen LogP contribution in [-0.2, 0) is 0 Å². The molecular formula is C50H78P2. The smallest absolute Gasteiger partial charge is 0.00814 e. The van der Waals surface area contributed by atoms with Gasteiger partial charge in [-0.3, -0.25) is 0 Å². The van der Waals surface area contributed by atoms with E-state index in [-0.39, 0.29) is 15.8 Å². The Morgan fingerprint density at radius 3 is 0.635 bits per heavy atom. The number of hydrogen-bond donors (Lipinski definition) is 0. The predicted molar refractivity (Wildman–Crippen MR) is 222 cm³/mol. The van der Waals surface area contributed by atoms with E-state index in [0.717, 1.165) is 115 Å². The molecule has 0 aliphatic heterocycles. The SMILES string of the molecule is CC1CC(CP(C23CC4CC(CC(C4)C2)C3)C23CC4CC(CC(C4)C2)C3)C(CP(C23CC4CC(CC(C4)C2)C3)C23CC4CC(CC(C4)C2)C3)CC1C. The van der Waals surface area contributed by atoms with Crippen molar-refractivity contribution in [3.05, 3.63) is 0 Å². The molecule has 0 saturated heterocycles. The van der Waals surface area contributed by atoms with Crippen molar-refractivity contribution < 1.29 is 0 Å². The first-order valence-electron chi connectivity index (χ1n) is 24.7. The summed E-state index contributed by atoms with van der Waals surface area (Å²) in [6, 6.07) is 0. The maximum atomic E-state index is 2.76. The molecule has 0 nitrogen and oxygen atoms in total. The molecular weight excluding hydrogens is 662 g/mol. The summed E-state index contributed by atoms with van der Waals surface area (Å²) >= 11 is 0. The summed E-state index contributed by atoms with van der Waals surface area (Å²) in [5, 5.41) is 3.32. The standard InChI is InChI=1S/C50H78P2/c1-31-3-45(29-51(47-17-33-5-34(18-47)7-35(6-33)19-47)48-20-36-8-37(21-48)10-38(9-36)22-48)46(4-32(31)2)30-52(49-23-39-11-40(24-49)13-41(12-39)25-49)50-26-42-14-43(27-50)16-44(15-42)28-50/h31-46H,3-30H2,1-2H3. The van der Waals surface area contributed by atoms with E-state index in [1.807, 2.05) is 0 Å². The minimum atomic E-state index is 0.136. The van der Waals surface area contributed by atoms with Crippen molar-refractivity contribution >= 4 is 15.8 Å². The molecule has 2 heteroatoms. The summed E-state index contributed by atoms with van der Waals surface area (Å²) in [6.07, 6.45) is 47.5. The minimum absolute atomic E-state index is 0.136. The fourth-order valence-electron chi connectivity index (χ4n) is 22.1. The van der Waals surface area contributed by atoms with Gasteiger partial charge in [-0.1, -0.05) is 29.7 Å². The van der Waals surface area contributed by atoms with Crippen LogP contribution in [-0.4, -0.2) is 32.9 Å². The van der Waals surface area contributed by atoms with Crippen LogP contribution in [0.3, 0.4) is 0 Å². The van der Waals surface area contributed by atoms with Gasteiger partial charge in [-0.05, 0) is 295 Å². The van der Waals surface area contributed by atoms with Crippen molar-refractivity contribution in [1.29, 1.82) is 0 Å². The van der Waals surface area contributed by atoms with Crippen LogP contribution in [0.5, 0.6) is 0 Å². The Hall–Kier alpha value is 0.860. The van der Waals surface area contributed by atoms with Gasteiger partial charge in [0.25, 0.3) is 0 Å². The molecule has 52 heavy (non-hydrogen) atoms. The van der Waals surface area contributed by atoms with Crippen LogP contribution < -0.4 is 0 Å². The number of hydrogen-bond acceptors (Lipinski definition) is 0. The molecule has 17 aliphatic carbocycles. The third-order valence-electron chi connectivity index (χ3n) is 22.1. The molecule has 0 N–H and O–H groups in total. The molecule has 4 atom stereocenters. The maximum Gasteiger partial charge on any atom is -0.00814 e. The number of rotatable bonds is 8. The average Bonchev–Trinajstić information content (AvgIpc) is 3.05. The first kappa shape index (κ1) is 33.8. The molecule has 0 spiro atoms. The Morgan fingerprint density at radius 1 is 0.288 bits per heavy atom. The summed E-state index contributed by atoms with van der Waals surface area (Å²) in [5.74, 6) is 17.9. The summed E-state index contributed by atoms with van der Waals surface area (Å²) in [5.41, 5.74) is 0. The van der Waals surface area contributed by atoms with E-state index in [0.29, 0.717) is 0 Å². The van der Waals surface area contributed by atoms with E-state index in [9.17, 15) is 0 Å². The summed E-state index contributed by atoms with van der Waals surface area (Å²) in [4.78, 5) is 0. The van der Waals surface area contributed by atoms with Crippen LogP contribution in [0.25, 0.3) is 0 Å². The zero-order chi connectivity index (χ0) is 34.2. The van der Waals surface area contributed by atoms with Crippen molar-refractivity contribution in [3.8, 4) is 0 Å². The van der Waals surface area contributed by atoms with E-state index in [4.69, 9.17) is 0 Å². The Labute approximate surface area is 323 Å². The van der Waals surface area contributed by atoms with E-state index in [2.05, 4.69) is 13.8 Å². The van der Waals surface area contributed by atoms with Crippen LogP contribution in [0, 0.1) is 94.7 Å². The van der Waals surface area contributed by atoms with Crippen LogP contribution in [0.1, 0.15) is 181 Å². The lowest BCUT2D eigenvalue weighted by atomic mass is 9.55. The topological polar surface area (TPSA) is 0 Å². The maximum absolute atomic E-state index is 2.76. The fourth-order valence-corrected chi connectivity index (χ4v) is 33.2. The van der Waals surface area contributed by atoms with E-state index in [1.165, 1.54) is 0 Å². The molecule has 288 valence electrons. The highest BCUT2D eigenvalue weighted by Gasteiger charge is 2.65.